The number of rotatable bonds is 7. The van der Waals surface area contributed by atoms with E-state index >= 15 is 0 Å². The summed E-state index contributed by atoms with van der Waals surface area (Å²) in [6.07, 6.45) is 2.50. The van der Waals surface area contributed by atoms with Crippen molar-refractivity contribution < 1.29 is 19.4 Å². The average Bonchev–Trinajstić information content (AvgIpc) is 3.34. The van der Waals surface area contributed by atoms with E-state index in [4.69, 9.17) is 9.47 Å². The molecule has 0 radical (unpaired) electrons. The highest BCUT2D eigenvalue weighted by Gasteiger charge is 2.37. The van der Waals surface area contributed by atoms with Gasteiger partial charge in [0.05, 0.1) is 18.5 Å². The number of nitrogens with zero attached hydrogens (tertiary/aromatic N) is 4. The van der Waals surface area contributed by atoms with E-state index in [-0.39, 0.29) is 24.7 Å². The Balaban J connectivity index is 1.57. The van der Waals surface area contributed by atoms with E-state index in [0.717, 1.165) is 12.0 Å². The van der Waals surface area contributed by atoms with Crippen LogP contribution < -0.4 is 5.32 Å². The molecule has 1 aliphatic rings. The van der Waals surface area contributed by atoms with Crippen molar-refractivity contribution in [2.45, 2.75) is 51.2 Å². The van der Waals surface area contributed by atoms with Crippen molar-refractivity contribution in [1.29, 1.82) is 0 Å². The van der Waals surface area contributed by atoms with Crippen LogP contribution in [0.1, 0.15) is 44.5 Å². The molecule has 2 N–H and O–H groups in total. The predicted octanol–water partition coefficient (Wildman–Crippen LogP) is 2.60. The molecule has 2 aromatic heterocycles. The van der Waals surface area contributed by atoms with Gasteiger partial charge < -0.3 is 19.9 Å². The molecule has 9 nitrogen and oxygen atoms in total. The van der Waals surface area contributed by atoms with Gasteiger partial charge in [-0.2, -0.15) is 0 Å². The summed E-state index contributed by atoms with van der Waals surface area (Å²) in [5, 5.41) is 13.9. The Kier molecular flexibility index (Phi) is 5.91. The van der Waals surface area contributed by atoms with Crippen LogP contribution in [-0.4, -0.2) is 49.4 Å². The smallest absolute Gasteiger partial charge is 0.302 e. The number of hydrogen-bond acceptors (Lipinski definition) is 8. The molecule has 3 heterocycles. The lowest BCUT2D eigenvalue weighted by Gasteiger charge is -2.19. The maximum absolute atomic E-state index is 11.0. The third kappa shape index (κ3) is 4.12. The van der Waals surface area contributed by atoms with Crippen LogP contribution in [0.25, 0.3) is 11.2 Å². The SMILES string of the molecule is CCC(Nc1ncnc2c1ncn2C1OC(COC(C)=O)CC1O)c1ccccc1. The number of anilines is 1. The second-order valence-corrected chi connectivity index (χ2v) is 7.32. The van der Waals surface area contributed by atoms with Crippen molar-refractivity contribution in [3.63, 3.8) is 0 Å². The molecule has 1 aromatic carbocycles. The van der Waals surface area contributed by atoms with Crippen LogP contribution in [0.3, 0.4) is 0 Å². The molecule has 9 heteroatoms. The molecule has 0 saturated carbocycles. The van der Waals surface area contributed by atoms with E-state index in [1.807, 2.05) is 18.2 Å². The minimum Gasteiger partial charge on any atom is -0.463 e. The van der Waals surface area contributed by atoms with Gasteiger partial charge in [-0.1, -0.05) is 37.3 Å². The number of ether oxygens (including phenoxy) is 2. The number of benzene rings is 1. The minimum absolute atomic E-state index is 0.0795. The third-order valence-corrected chi connectivity index (χ3v) is 5.19. The minimum atomic E-state index is -0.762. The molecule has 1 aliphatic heterocycles. The summed E-state index contributed by atoms with van der Waals surface area (Å²) in [6.45, 7) is 3.55. The zero-order valence-electron chi connectivity index (χ0n) is 16.9. The van der Waals surface area contributed by atoms with Gasteiger partial charge in [0.1, 0.15) is 19.0 Å². The second kappa shape index (κ2) is 8.76. The molecule has 1 fully saturated rings. The summed E-state index contributed by atoms with van der Waals surface area (Å²) in [6, 6.07) is 10.2. The largest absolute Gasteiger partial charge is 0.463 e. The predicted molar refractivity (Wildman–Crippen MR) is 110 cm³/mol. The van der Waals surface area contributed by atoms with Gasteiger partial charge in [0.25, 0.3) is 0 Å². The Hall–Kier alpha value is -3.04. The van der Waals surface area contributed by atoms with Gasteiger partial charge in [0, 0.05) is 13.3 Å². The summed E-state index contributed by atoms with van der Waals surface area (Å²) in [4.78, 5) is 24.3. The van der Waals surface area contributed by atoms with Gasteiger partial charge in [-0.25, -0.2) is 15.0 Å². The number of aliphatic hydroxyl groups excluding tert-OH is 1. The molecule has 3 aromatic rings. The van der Waals surface area contributed by atoms with E-state index in [9.17, 15) is 9.90 Å². The standard InChI is InChI=1S/C21H25N5O4/c1-3-16(14-7-5-4-6-8-14)25-19-18-20(23-11-22-19)26(12-24-18)21-17(28)9-15(30-21)10-29-13(2)27/h4-8,11-12,15-17,21,28H,3,9-10H2,1-2H3,(H,22,23,25). The monoisotopic (exact) mass is 411 g/mol. The summed E-state index contributed by atoms with van der Waals surface area (Å²) in [5.41, 5.74) is 2.33. The highest BCUT2D eigenvalue weighted by molar-refractivity contribution is 5.83. The van der Waals surface area contributed by atoms with Gasteiger partial charge in [-0.3, -0.25) is 9.36 Å². The Morgan fingerprint density at radius 2 is 2.13 bits per heavy atom. The molecule has 30 heavy (non-hydrogen) atoms. The molecule has 4 unspecified atom stereocenters. The van der Waals surface area contributed by atoms with Crippen LogP contribution in [0, 0.1) is 0 Å². The van der Waals surface area contributed by atoms with Crippen molar-refractivity contribution in [3.8, 4) is 0 Å². The van der Waals surface area contributed by atoms with Crippen molar-refractivity contribution in [3.05, 3.63) is 48.5 Å². The first-order valence-electron chi connectivity index (χ1n) is 10.0. The number of imidazole rings is 1. The van der Waals surface area contributed by atoms with Crippen molar-refractivity contribution in [2.75, 3.05) is 11.9 Å². The Labute approximate surface area is 174 Å². The van der Waals surface area contributed by atoms with E-state index in [1.165, 1.54) is 13.3 Å². The third-order valence-electron chi connectivity index (χ3n) is 5.19. The number of aromatic nitrogens is 4. The first-order chi connectivity index (χ1) is 14.6. The highest BCUT2D eigenvalue weighted by Crippen LogP contribution is 2.32. The van der Waals surface area contributed by atoms with Gasteiger partial charge in [-0.05, 0) is 12.0 Å². The molecular formula is C21H25N5O4. The van der Waals surface area contributed by atoms with E-state index in [0.29, 0.717) is 23.4 Å². The normalized spacial score (nSPS) is 22.2. The molecule has 158 valence electrons. The van der Waals surface area contributed by atoms with Gasteiger partial charge >= 0.3 is 5.97 Å². The van der Waals surface area contributed by atoms with E-state index in [1.54, 1.807) is 10.9 Å². The second-order valence-electron chi connectivity index (χ2n) is 7.32. The van der Waals surface area contributed by atoms with Crippen molar-refractivity contribution in [1.82, 2.24) is 19.5 Å². The van der Waals surface area contributed by atoms with Crippen LogP contribution in [0.2, 0.25) is 0 Å². The zero-order valence-corrected chi connectivity index (χ0v) is 16.9. The van der Waals surface area contributed by atoms with E-state index in [2.05, 4.69) is 39.3 Å². The molecule has 0 bridgehead atoms. The number of esters is 1. The van der Waals surface area contributed by atoms with Crippen LogP contribution in [0.5, 0.6) is 0 Å². The van der Waals surface area contributed by atoms with Crippen molar-refractivity contribution in [2.24, 2.45) is 0 Å². The van der Waals surface area contributed by atoms with E-state index < -0.39 is 12.3 Å². The van der Waals surface area contributed by atoms with Crippen LogP contribution >= 0.6 is 0 Å². The maximum Gasteiger partial charge on any atom is 0.302 e. The molecule has 0 spiro atoms. The summed E-state index contributed by atoms with van der Waals surface area (Å²) >= 11 is 0. The first kappa shape index (κ1) is 20.2. The molecule has 0 amide bonds. The highest BCUT2D eigenvalue weighted by atomic mass is 16.6. The van der Waals surface area contributed by atoms with Crippen LogP contribution in [-0.2, 0) is 14.3 Å². The van der Waals surface area contributed by atoms with Crippen molar-refractivity contribution >= 4 is 23.0 Å². The number of fused-ring (bicyclic) bond motifs is 1. The lowest BCUT2D eigenvalue weighted by molar-refractivity contribution is -0.145. The quantitative estimate of drug-likeness (QED) is 0.571. The average molecular weight is 411 g/mol. The number of hydrogen-bond donors (Lipinski definition) is 2. The van der Waals surface area contributed by atoms with Gasteiger partial charge in [0.2, 0.25) is 0 Å². The Bertz CT molecular complexity index is 1010. The molecule has 4 rings (SSSR count). The number of carbonyl (C=O) groups excluding carboxylic acids is 1. The fourth-order valence-electron chi connectivity index (χ4n) is 3.71. The fraction of sp³-hybridized carbons (Fsp3) is 0.429. The maximum atomic E-state index is 11.0. The van der Waals surface area contributed by atoms with Crippen LogP contribution in [0.15, 0.2) is 43.0 Å². The topological polar surface area (TPSA) is 111 Å². The molecular weight excluding hydrogens is 386 g/mol. The molecule has 1 saturated heterocycles. The molecule has 4 atom stereocenters. The summed E-state index contributed by atoms with van der Waals surface area (Å²) in [5.74, 6) is 0.246. The van der Waals surface area contributed by atoms with Gasteiger partial charge in [-0.15, -0.1) is 0 Å². The Morgan fingerprint density at radius 3 is 2.87 bits per heavy atom. The van der Waals surface area contributed by atoms with Gasteiger partial charge in [0.15, 0.2) is 23.2 Å². The fourth-order valence-corrected chi connectivity index (χ4v) is 3.71. The number of aliphatic hydroxyl groups is 1. The summed E-state index contributed by atoms with van der Waals surface area (Å²) in [7, 11) is 0. The lowest BCUT2D eigenvalue weighted by atomic mass is 10.0. The number of carbonyl (C=O) groups is 1. The van der Waals surface area contributed by atoms with Crippen LogP contribution in [0.4, 0.5) is 5.82 Å². The number of nitrogens with one attached hydrogen (secondary N) is 1. The molecule has 0 aliphatic carbocycles. The Morgan fingerprint density at radius 1 is 1.33 bits per heavy atom. The zero-order chi connectivity index (χ0) is 21.1. The first-order valence-corrected chi connectivity index (χ1v) is 10.0. The lowest BCUT2D eigenvalue weighted by Crippen LogP contribution is -2.19. The summed E-state index contributed by atoms with van der Waals surface area (Å²) < 4.78 is 12.6.